The lowest BCUT2D eigenvalue weighted by molar-refractivity contribution is -0.127. The van der Waals surface area contributed by atoms with Gasteiger partial charge in [-0.15, -0.1) is 0 Å². The van der Waals surface area contributed by atoms with Gasteiger partial charge in [0.15, 0.2) is 11.5 Å². The molecule has 2 aliphatic heterocycles. The molecule has 170 valence electrons. The fourth-order valence-corrected chi connectivity index (χ4v) is 4.64. The molecule has 1 unspecified atom stereocenters. The summed E-state index contributed by atoms with van der Waals surface area (Å²) in [7, 11) is 5.47. The van der Waals surface area contributed by atoms with Crippen LogP contribution < -0.4 is 14.4 Å². The quantitative estimate of drug-likeness (QED) is 0.734. The number of rotatable bonds is 4. The Morgan fingerprint density at radius 1 is 0.969 bits per heavy atom. The highest BCUT2D eigenvalue weighted by molar-refractivity contribution is 5.87. The first-order chi connectivity index (χ1) is 15.4. The summed E-state index contributed by atoms with van der Waals surface area (Å²) in [6.07, 6.45) is 2.74. The standard InChI is InChI=1S/C26H33N3O3/c1-18-14-21-15-25(31-4)26(32-5)16-23(21)24(17-29(18)19(2)30)20-6-8-22(9-7-20)28-12-10-27(3)11-13-28/h6-9,15-18H,10-14H2,1-5H3. The van der Waals surface area contributed by atoms with Crippen LogP contribution in [0.4, 0.5) is 5.69 Å². The van der Waals surface area contributed by atoms with Crippen LogP contribution in [-0.2, 0) is 11.2 Å². The zero-order valence-electron chi connectivity index (χ0n) is 19.7. The molecule has 0 aromatic heterocycles. The van der Waals surface area contributed by atoms with Crippen molar-refractivity contribution in [2.75, 3.05) is 52.3 Å². The largest absolute Gasteiger partial charge is 0.493 e. The van der Waals surface area contributed by atoms with Crippen molar-refractivity contribution in [3.63, 3.8) is 0 Å². The summed E-state index contributed by atoms with van der Waals surface area (Å²) in [6, 6.07) is 12.8. The monoisotopic (exact) mass is 435 g/mol. The van der Waals surface area contributed by atoms with Gasteiger partial charge < -0.3 is 24.2 Å². The Kier molecular flexibility index (Phi) is 6.42. The van der Waals surface area contributed by atoms with Crippen LogP contribution in [0.15, 0.2) is 42.6 Å². The summed E-state index contributed by atoms with van der Waals surface area (Å²) in [5.74, 6) is 1.44. The molecule has 2 aromatic carbocycles. The summed E-state index contributed by atoms with van der Waals surface area (Å²) < 4.78 is 11.1. The van der Waals surface area contributed by atoms with Gasteiger partial charge in [-0.05, 0) is 61.3 Å². The van der Waals surface area contributed by atoms with E-state index in [1.54, 1.807) is 21.1 Å². The fourth-order valence-electron chi connectivity index (χ4n) is 4.64. The Bertz CT molecular complexity index is 1010. The minimum absolute atomic E-state index is 0.0378. The number of benzene rings is 2. The van der Waals surface area contributed by atoms with Gasteiger partial charge >= 0.3 is 0 Å². The molecule has 1 saturated heterocycles. The van der Waals surface area contributed by atoms with Crippen molar-refractivity contribution in [1.29, 1.82) is 0 Å². The highest BCUT2D eigenvalue weighted by Gasteiger charge is 2.26. The van der Waals surface area contributed by atoms with E-state index in [0.717, 1.165) is 54.9 Å². The number of carbonyl (C=O) groups excluding carboxylic acids is 1. The van der Waals surface area contributed by atoms with Gasteiger partial charge in [0.1, 0.15) is 0 Å². The molecule has 4 rings (SSSR count). The highest BCUT2D eigenvalue weighted by atomic mass is 16.5. The molecule has 32 heavy (non-hydrogen) atoms. The summed E-state index contributed by atoms with van der Waals surface area (Å²) in [5, 5.41) is 0. The number of carbonyl (C=O) groups is 1. The SMILES string of the molecule is COc1cc2c(cc1OC)C(c1ccc(N3CCN(C)CC3)cc1)=CN(C(C)=O)C(C)C2. The number of nitrogens with zero attached hydrogens (tertiary/aromatic N) is 3. The molecule has 6 heteroatoms. The maximum absolute atomic E-state index is 12.4. The Labute approximate surface area is 191 Å². The zero-order chi connectivity index (χ0) is 22.8. The van der Waals surface area contributed by atoms with Gasteiger partial charge in [-0.1, -0.05) is 12.1 Å². The number of amides is 1. The van der Waals surface area contributed by atoms with E-state index in [4.69, 9.17) is 9.47 Å². The second-order valence-electron chi connectivity index (χ2n) is 8.72. The fraction of sp³-hybridized carbons (Fsp3) is 0.423. The van der Waals surface area contributed by atoms with Gasteiger partial charge in [-0.2, -0.15) is 0 Å². The van der Waals surface area contributed by atoms with Crippen LogP contribution in [-0.4, -0.2) is 69.2 Å². The number of hydrogen-bond donors (Lipinski definition) is 0. The molecule has 0 saturated carbocycles. The van der Waals surface area contributed by atoms with Crippen LogP contribution in [0, 0.1) is 0 Å². The third-order valence-corrected chi connectivity index (χ3v) is 6.57. The summed E-state index contributed by atoms with van der Waals surface area (Å²) in [5.41, 5.74) is 5.56. The predicted octanol–water partition coefficient (Wildman–Crippen LogP) is 3.64. The molecule has 0 N–H and O–H groups in total. The maximum Gasteiger partial charge on any atom is 0.223 e. The minimum atomic E-state index is 0.0378. The summed E-state index contributed by atoms with van der Waals surface area (Å²) in [6.45, 7) is 7.93. The van der Waals surface area contributed by atoms with Crippen molar-refractivity contribution < 1.29 is 14.3 Å². The Balaban J connectivity index is 1.76. The van der Waals surface area contributed by atoms with Crippen LogP contribution in [0.1, 0.15) is 30.5 Å². The Morgan fingerprint density at radius 3 is 2.19 bits per heavy atom. The molecule has 1 amide bonds. The number of piperazine rings is 1. The third-order valence-electron chi connectivity index (χ3n) is 6.57. The van der Waals surface area contributed by atoms with Crippen LogP contribution in [0.5, 0.6) is 11.5 Å². The minimum Gasteiger partial charge on any atom is -0.493 e. The van der Waals surface area contributed by atoms with Gasteiger partial charge in [0, 0.05) is 56.6 Å². The topological polar surface area (TPSA) is 45.3 Å². The van der Waals surface area contributed by atoms with E-state index in [2.05, 4.69) is 48.0 Å². The molecular formula is C26H33N3O3. The lowest BCUT2D eigenvalue weighted by Gasteiger charge is -2.34. The summed E-state index contributed by atoms with van der Waals surface area (Å²) >= 11 is 0. The van der Waals surface area contributed by atoms with Crippen molar-refractivity contribution in [3.8, 4) is 11.5 Å². The van der Waals surface area contributed by atoms with Crippen LogP contribution in [0.3, 0.4) is 0 Å². The second kappa shape index (κ2) is 9.25. The highest BCUT2D eigenvalue weighted by Crippen LogP contribution is 2.39. The molecule has 0 aliphatic carbocycles. The van der Waals surface area contributed by atoms with Crippen LogP contribution >= 0.6 is 0 Å². The van der Waals surface area contributed by atoms with Crippen LogP contribution in [0.25, 0.3) is 5.57 Å². The van der Waals surface area contributed by atoms with E-state index in [-0.39, 0.29) is 11.9 Å². The molecule has 6 nitrogen and oxygen atoms in total. The number of hydrogen-bond acceptors (Lipinski definition) is 5. The lowest BCUT2D eigenvalue weighted by Crippen LogP contribution is -2.44. The smallest absolute Gasteiger partial charge is 0.223 e. The normalized spacial score (nSPS) is 19.2. The average molecular weight is 436 g/mol. The first-order valence-corrected chi connectivity index (χ1v) is 11.2. The number of methoxy groups -OCH3 is 2. The van der Waals surface area contributed by atoms with E-state index < -0.39 is 0 Å². The van der Waals surface area contributed by atoms with Gasteiger partial charge in [0.25, 0.3) is 0 Å². The van der Waals surface area contributed by atoms with Crippen molar-refractivity contribution in [2.24, 2.45) is 0 Å². The Hall–Kier alpha value is -2.99. The zero-order valence-corrected chi connectivity index (χ0v) is 19.7. The molecule has 2 aromatic rings. The number of anilines is 1. The van der Waals surface area contributed by atoms with E-state index in [9.17, 15) is 4.79 Å². The number of likely N-dealkylation sites (N-methyl/N-ethyl adjacent to an activating group) is 1. The van der Waals surface area contributed by atoms with E-state index in [1.165, 1.54) is 5.69 Å². The predicted molar refractivity (Wildman–Crippen MR) is 128 cm³/mol. The molecule has 2 aliphatic rings. The van der Waals surface area contributed by atoms with Crippen LogP contribution in [0.2, 0.25) is 0 Å². The second-order valence-corrected chi connectivity index (χ2v) is 8.72. The lowest BCUT2D eigenvalue weighted by atomic mass is 9.92. The van der Waals surface area contributed by atoms with Gasteiger partial charge in [0.05, 0.1) is 14.2 Å². The number of ether oxygens (including phenoxy) is 2. The third kappa shape index (κ3) is 4.32. The van der Waals surface area contributed by atoms with E-state index in [0.29, 0.717) is 11.5 Å². The van der Waals surface area contributed by atoms with Gasteiger partial charge in [-0.3, -0.25) is 4.79 Å². The summed E-state index contributed by atoms with van der Waals surface area (Å²) in [4.78, 5) is 19.1. The van der Waals surface area contributed by atoms with Gasteiger partial charge in [-0.25, -0.2) is 0 Å². The number of fused-ring (bicyclic) bond motifs is 1. The molecule has 0 bridgehead atoms. The average Bonchev–Trinajstić information content (AvgIpc) is 2.94. The molecular weight excluding hydrogens is 402 g/mol. The van der Waals surface area contributed by atoms with E-state index in [1.807, 2.05) is 23.2 Å². The van der Waals surface area contributed by atoms with Crippen molar-refractivity contribution in [1.82, 2.24) is 9.80 Å². The molecule has 1 atom stereocenters. The molecule has 2 heterocycles. The Morgan fingerprint density at radius 2 is 1.59 bits per heavy atom. The van der Waals surface area contributed by atoms with Crippen molar-refractivity contribution >= 4 is 17.2 Å². The van der Waals surface area contributed by atoms with Crippen molar-refractivity contribution in [2.45, 2.75) is 26.3 Å². The van der Waals surface area contributed by atoms with Gasteiger partial charge in [0.2, 0.25) is 5.91 Å². The molecule has 0 spiro atoms. The maximum atomic E-state index is 12.4. The first-order valence-electron chi connectivity index (χ1n) is 11.2. The van der Waals surface area contributed by atoms with Crippen molar-refractivity contribution in [3.05, 3.63) is 59.3 Å². The van der Waals surface area contributed by atoms with E-state index >= 15 is 0 Å². The first kappa shape index (κ1) is 22.2. The molecule has 1 fully saturated rings. The molecule has 0 radical (unpaired) electrons.